The summed E-state index contributed by atoms with van der Waals surface area (Å²) in [5, 5.41) is 2.20. The number of carbonyl (C=O) groups excluding carboxylic acids is 1. The number of ether oxygens (including phenoxy) is 1. The first-order valence-corrected chi connectivity index (χ1v) is 11.1. The van der Waals surface area contributed by atoms with E-state index in [0.717, 1.165) is 29.4 Å². The maximum Gasteiger partial charge on any atom is 0.340 e. The molecule has 132 valence electrons. The number of quaternary nitrogens is 1. The third kappa shape index (κ3) is 4.46. The van der Waals surface area contributed by atoms with E-state index in [-0.39, 0.29) is 11.8 Å². The van der Waals surface area contributed by atoms with Crippen LogP contribution in [0.3, 0.4) is 0 Å². The number of rotatable bonds is 3. The van der Waals surface area contributed by atoms with E-state index in [9.17, 15) is 9.18 Å². The fourth-order valence-corrected chi connectivity index (χ4v) is 5.47. The molecule has 1 aliphatic rings. The molecule has 3 rings (SSSR count). The van der Waals surface area contributed by atoms with Gasteiger partial charge in [0.25, 0.3) is 0 Å². The van der Waals surface area contributed by atoms with Crippen LogP contribution in [0.4, 0.5) is 4.39 Å². The second-order valence-corrected chi connectivity index (χ2v) is 9.50. The molecule has 0 aliphatic carbocycles. The van der Waals surface area contributed by atoms with Crippen LogP contribution in [-0.4, -0.2) is 19.1 Å². The average molecular weight is 678 g/mol. The van der Waals surface area contributed by atoms with Gasteiger partial charge in [0.2, 0.25) is 0 Å². The van der Waals surface area contributed by atoms with Gasteiger partial charge in [-0.15, -0.1) is 0 Å². The van der Waals surface area contributed by atoms with Crippen LogP contribution in [0.1, 0.15) is 28.8 Å². The lowest BCUT2D eigenvalue weighted by Crippen LogP contribution is -2.87. The van der Waals surface area contributed by atoms with Crippen LogP contribution in [0.2, 0.25) is 0 Å². The van der Waals surface area contributed by atoms with Crippen molar-refractivity contribution in [3.63, 3.8) is 0 Å². The van der Waals surface area contributed by atoms with E-state index >= 15 is 0 Å². The van der Waals surface area contributed by atoms with Gasteiger partial charge in [0, 0.05) is 23.6 Å². The highest BCUT2D eigenvalue weighted by Gasteiger charge is 2.40. The fraction of sp³-hybridized carbons (Fsp3) is 0.278. The normalized spacial score (nSPS) is 16.5. The van der Waals surface area contributed by atoms with Crippen molar-refractivity contribution in [3.05, 3.63) is 64.1 Å². The van der Waals surface area contributed by atoms with Gasteiger partial charge in [0.15, 0.2) is 0 Å². The number of hydrogen-bond donors (Lipinski definition) is 1. The highest BCUT2D eigenvalue weighted by atomic mass is 127. The van der Waals surface area contributed by atoms with Crippen LogP contribution in [0, 0.1) is 16.5 Å². The zero-order valence-corrected chi connectivity index (χ0v) is 19.7. The van der Waals surface area contributed by atoms with Gasteiger partial charge in [-0.2, -0.15) is 0 Å². The van der Waals surface area contributed by atoms with Gasteiger partial charge < -0.3 is 10.1 Å². The molecular formula is C18H16FI3NO2+. The molecule has 2 aromatic carbocycles. The van der Waals surface area contributed by atoms with Crippen LogP contribution in [0.5, 0.6) is 0 Å². The quantitative estimate of drug-likeness (QED) is 0.303. The molecule has 1 aliphatic heterocycles. The lowest BCUT2D eigenvalue weighted by atomic mass is 9.84. The topological polar surface area (TPSA) is 42.9 Å². The number of esters is 1. The van der Waals surface area contributed by atoms with Crippen LogP contribution in [0.25, 0.3) is 0 Å². The van der Waals surface area contributed by atoms with Crippen LogP contribution >= 0.6 is 67.8 Å². The molecule has 0 unspecified atom stereocenters. The Balaban J connectivity index is 1.98. The predicted octanol–water partition coefficient (Wildman–Crippen LogP) is 4.05. The lowest BCUT2D eigenvalue weighted by molar-refractivity contribution is -0.668. The summed E-state index contributed by atoms with van der Waals surface area (Å²) < 4.78 is 22.7. The van der Waals surface area contributed by atoms with Gasteiger partial charge in [-0.3, -0.25) is 0 Å². The Kier molecular flexibility index (Phi) is 6.59. The SMILES string of the molecule is O=C(OC1(c2cccc(F)c2)CC[NH2+]CC1)c1cc(I)cc(I)c1I. The summed E-state index contributed by atoms with van der Waals surface area (Å²) in [4.78, 5) is 13.0. The van der Waals surface area contributed by atoms with E-state index in [1.54, 1.807) is 6.07 Å². The van der Waals surface area contributed by atoms with Gasteiger partial charge in [-0.05, 0) is 97.6 Å². The Morgan fingerprint density at radius 2 is 1.84 bits per heavy atom. The van der Waals surface area contributed by atoms with Gasteiger partial charge in [-0.25, -0.2) is 9.18 Å². The smallest absolute Gasteiger partial charge is 0.340 e. The summed E-state index contributed by atoms with van der Waals surface area (Å²) in [6.45, 7) is 1.70. The summed E-state index contributed by atoms with van der Waals surface area (Å²) in [5.41, 5.74) is 0.551. The molecule has 0 atom stereocenters. The van der Waals surface area contributed by atoms with Crippen molar-refractivity contribution in [2.24, 2.45) is 0 Å². The molecule has 25 heavy (non-hydrogen) atoms. The Labute approximate surface area is 186 Å². The minimum atomic E-state index is -0.760. The van der Waals surface area contributed by atoms with E-state index < -0.39 is 5.60 Å². The summed E-state index contributed by atoms with van der Waals surface area (Å²) in [7, 11) is 0. The monoisotopic (exact) mass is 678 g/mol. The van der Waals surface area contributed by atoms with Crippen molar-refractivity contribution in [1.29, 1.82) is 0 Å². The Morgan fingerprint density at radius 3 is 2.52 bits per heavy atom. The van der Waals surface area contributed by atoms with Crippen molar-refractivity contribution in [3.8, 4) is 0 Å². The Morgan fingerprint density at radius 1 is 1.12 bits per heavy atom. The van der Waals surface area contributed by atoms with Crippen molar-refractivity contribution < 1.29 is 19.2 Å². The molecule has 1 heterocycles. The first kappa shape index (κ1) is 19.7. The highest BCUT2D eigenvalue weighted by molar-refractivity contribution is 14.1. The second-order valence-electron chi connectivity index (χ2n) is 6.01. The molecule has 0 amide bonds. The highest BCUT2D eigenvalue weighted by Crippen LogP contribution is 2.36. The summed E-state index contributed by atoms with van der Waals surface area (Å²) in [5.74, 6) is -0.646. The maximum absolute atomic E-state index is 13.8. The zero-order valence-electron chi connectivity index (χ0n) is 13.2. The molecule has 0 radical (unpaired) electrons. The number of halogens is 4. The molecule has 0 spiro atoms. The van der Waals surface area contributed by atoms with Crippen LogP contribution in [0.15, 0.2) is 36.4 Å². The number of nitrogens with two attached hydrogens (primary N) is 1. The van der Waals surface area contributed by atoms with Crippen molar-refractivity contribution >= 4 is 73.7 Å². The summed E-state index contributed by atoms with van der Waals surface area (Å²) in [6.07, 6.45) is 1.36. The van der Waals surface area contributed by atoms with E-state index in [2.05, 4.69) is 73.1 Å². The molecule has 0 bridgehead atoms. The predicted molar refractivity (Wildman–Crippen MR) is 119 cm³/mol. The minimum absolute atomic E-state index is 0.305. The van der Waals surface area contributed by atoms with Gasteiger partial charge in [0.05, 0.1) is 18.7 Å². The second kappa shape index (κ2) is 8.34. The number of hydrogen-bond acceptors (Lipinski definition) is 2. The summed E-state index contributed by atoms with van der Waals surface area (Å²) >= 11 is 6.60. The van der Waals surface area contributed by atoms with Crippen LogP contribution in [-0.2, 0) is 10.3 Å². The summed E-state index contributed by atoms with van der Waals surface area (Å²) in [6, 6.07) is 10.3. The molecular weight excluding hydrogens is 662 g/mol. The van der Waals surface area contributed by atoms with E-state index in [1.807, 2.05) is 18.2 Å². The number of carbonyl (C=O) groups is 1. The maximum atomic E-state index is 13.8. The number of benzene rings is 2. The lowest BCUT2D eigenvalue weighted by Gasteiger charge is -2.36. The molecule has 3 nitrogen and oxygen atoms in total. The van der Waals surface area contributed by atoms with Gasteiger partial charge in [-0.1, -0.05) is 12.1 Å². The first-order valence-electron chi connectivity index (χ1n) is 7.87. The molecule has 1 fully saturated rings. The molecule has 0 aromatic heterocycles. The standard InChI is InChI=1S/C18H15FI3NO2/c19-12-3-1-2-11(8-12)18(4-6-23-7-5-18)25-17(24)14-9-13(20)10-15(21)16(14)22/h1-3,8-10,23H,4-7H2/p+1. The Bertz CT molecular complexity index is 807. The molecule has 0 saturated carbocycles. The van der Waals surface area contributed by atoms with E-state index in [4.69, 9.17) is 4.74 Å². The largest absolute Gasteiger partial charge is 0.450 e. The molecule has 2 aromatic rings. The van der Waals surface area contributed by atoms with Crippen molar-refractivity contribution in [2.45, 2.75) is 18.4 Å². The Hall–Kier alpha value is -0.01000. The minimum Gasteiger partial charge on any atom is -0.450 e. The van der Waals surface area contributed by atoms with Crippen LogP contribution < -0.4 is 5.32 Å². The van der Waals surface area contributed by atoms with E-state index in [1.165, 1.54) is 12.1 Å². The average Bonchev–Trinajstić information content (AvgIpc) is 2.59. The fourth-order valence-electron chi connectivity index (χ4n) is 3.10. The third-order valence-electron chi connectivity index (χ3n) is 4.36. The molecule has 7 heteroatoms. The zero-order chi connectivity index (χ0) is 18.0. The van der Waals surface area contributed by atoms with E-state index in [0.29, 0.717) is 18.4 Å². The third-order valence-corrected chi connectivity index (χ3v) is 8.02. The van der Waals surface area contributed by atoms with Crippen molar-refractivity contribution in [1.82, 2.24) is 0 Å². The first-order chi connectivity index (χ1) is 11.9. The number of piperidine rings is 1. The molecule has 2 N–H and O–H groups in total. The van der Waals surface area contributed by atoms with Gasteiger partial charge in [0.1, 0.15) is 11.4 Å². The molecule has 1 saturated heterocycles. The van der Waals surface area contributed by atoms with Gasteiger partial charge >= 0.3 is 5.97 Å². The van der Waals surface area contributed by atoms with Crippen molar-refractivity contribution in [2.75, 3.05) is 13.1 Å².